The van der Waals surface area contributed by atoms with Crippen molar-refractivity contribution in [3.05, 3.63) is 47.3 Å². The van der Waals surface area contributed by atoms with Crippen molar-refractivity contribution in [3.8, 4) is 0 Å². The molecule has 0 bridgehead atoms. The fraction of sp³-hybridized carbons (Fsp3) is 0.353. The van der Waals surface area contributed by atoms with E-state index in [4.69, 9.17) is 0 Å². The van der Waals surface area contributed by atoms with E-state index >= 15 is 0 Å². The molecule has 3 rings (SSSR count). The minimum Gasteiger partial charge on any atom is -0.355 e. The van der Waals surface area contributed by atoms with Crippen molar-refractivity contribution < 1.29 is 14.0 Å². The first-order valence-electron chi connectivity index (χ1n) is 7.98. The number of fused-ring (bicyclic) bond motifs is 1. The Labute approximate surface area is 149 Å². The first-order valence-corrected chi connectivity index (χ1v) is 9.13. The van der Waals surface area contributed by atoms with Crippen molar-refractivity contribution in [2.45, 2.75) is 25.0 Å². The van der Waals surface area contributed by atoms with Crippen LogP contribution in [-0.2, 0) is 15.3 Å². The number of carbonyl (C=O) groups excluding carboxylic acids is 2. The Morgan fingerprint density at radius 3 is 3.08 bits per heavy atom. The first kappa shape index (κ1) is 17.5. The molecule has 132 valence electrons. The molecule has 0 radical (unpaired) electrons. The summed E-state index contributed by atoms with van der Waals surface area (Å²) in [5.41, 5.74) is 3.08. The molecular weight excluding hydrogens is 343 g/mol. The number of amides is 2. The molecule has 0 saturated carbocycles. The van der Waals surface area contributed by atoms with Crippen molar-refractivity contribution in [2.24, 2.45) is 0 Å². The Morgan fingerprint density at radius 2 is 2.32 bits per heavy atom. The average molecular weight is 362 g/mol. The van der Waals surface area contributed by atoms with Crippen LogP contribution in [0.1, 0.15) is 29.3 Å². The van der Waals surface area contributed by atoms with Gasteiger partial charge >= 0.3 is 0 Å². The van der Waals surface area contributed by atoms with Gasteiger partial charge in [0.2, 0.25) is 11.8 Å². The highest BCUT2D eigenvalue weighted by molar-refractivity contribution is 7.98. The van der Waals surface area contributed by atoms with Crippen LogP contribution in [0.4, 0.5) is 10.1 Å². The van der Waals surface area contributed by atoms with Crippen LogP contribution in [0.2, 0.25) is 0 Å². The van der Waals surface area contributed by atoms with Crippen molar-refractivity contribution in [1.29, 1.82) is 0 Å². The smallest absolute Gasteiger partial charge is 0.228 e. The van der Waals surface area contributed by atoms with E-state index in [9.17, 15) is 14.0 Å². The lowest BCUT2D eigenvalue weighted by atomic mass is 9.89. The number of aryl methyl sites for hydroxylation is 1. The number of aromatic nitrogens is 2. The van der Waals surface area contributed by atoms with E-state index in [-0.39, 0.29) is 18.2 Å². The second-order valence-corrected chi connectivity index (χ2v) is 6.96. The lowest BCUT2D eigenvalue weighted by Gasteiger charge is -2.24. The summed E-state index contributed by atoms with van der Waals surface area (Å²) in [6, 6.07) is 4.07. The number of halogens is 1. The summed E-state index contributed by atoms with van der Waals surface area (Å²) in [6.07, 6.45) is 1.69. The van der Waals surface area contributed by atoms with Gasteiger partial charge in [0.05, 0.1) is 17.9 Å². The molecule has 2 amide bonds. The van der Waals surface area contributed by atoms with Crippen LogP contribution in [0, 0.1) is 12.7 Å². The molecule has 0 saturated heterocycles. The predicted molar refractivity (Wildman–Crippen MR) is 94.9 cm³/mol. The molecule has 3 N–H and O–H groups in total. The van der Waals surface area contributed by atoms with Crippen LogP contribution < -0.4 is 10.6 Å². The molecule has 8 heteroatoms. The van der Waals surface area contributed by atoms with E-state index in [0.717, 1.165) is 22.9 Å². The second kappa shape index (κ2) is 7.69. The molecule has 1 aromatic carbocycles. The minimum absolute atomic E-state index is 0.0297. The van der Waals surface area contributed by atoms with Gasteiger partial charge in [0.15, 0.2) is 0 Å². The summed E-state index contributed by atoms with van der Waals surface area (Å²) < 4.78 is 13.5. The van der Waals surface area contributed by atoms with Crippen LogP contribution >= 0.6 is 11.8 Å². The van der Waals surface area contributed by atoms with E-state index in [1.165, 1.54) is 18.2 Å². The molecule has 1 aliphatic heterocycles. The predicted octanol–water partition coefficient (Wildman–Crippen LogP) is 2.33. The SMILES string of the molecule is Cc1[nH]cnc1CSCCNC(=O)[C@H]1CC(=O)Nc2ccc(F)cc21. The van der Waals surface area contributed by atoms with Gasteiger partial charge in [-0.3, -0.25) is 9.59 Å². The lowest BCUT2D eigenvalue weighted by molar-refractivity contribution is -0.126. The minimum atomic E-state index is -0.655. The molecule has 25 heavy (non-hydrogen) atoms. The maximum absolute atomic E-state index is 13.5. The second-order valence-electron chi connectivity index (χ2n) is 5.85. The highest BCUT2D eigenvalue weighted by Crippen LogP contribution is 2.32. The molecule has 0 fully saturated rings. The lowest BCUT2D eigenvalue weighted by Crippen LogP contribution is -2.36. The van der Waals surface area contributed by atoms with Crippen LogP contribution in [0.15, 0.2) is 24.5 Å². The third-order valence-corrected chi connectivity index (χ3v) is 5.06. The number of aromatic amines is 1. The molecular formula is C17H19FN4O2S. The molecule has 6 nitrogen and oxygen atoms in total. The number of hydrogen-bond donors (Lipinski definition) is 3. The maximum Gasteiger partial charge on any atom is 0.228 e. The zero-order chi connectivity index (χ0) is 17.8. The van der Waals surface area contributed by atoms with Gasteiger partial charge < -0.3 is 15.6 Å². The summed E-state index contributed by atoms with van der Waals surface area (Å²) in [5.74, 6) is -0.0607. The van der Waals surface area contributed by atoms with Gasteiger partial charge in [-0.15, -0.1) is 0 Å². The number of thioether (sulfide) groups is 1. The van der Waals surface area contributed by atoms with Crippen molar-refractivity contribution in [2.75, 3.05) is 17.6 Å². The van der Waals surface area contributed by atoms with Crippen LogP contribution in [0.25, 0.3) is 0 Å². The molecule has 1 aliphatic rings. The molecule has 0 unspecified atom stereocenters. The van der Waals surface area contributed by atoms with Crippen LogP contribution in [0.5, 0.6) is 0 Å². The average Bonchev–Trinajstić information content (AvgIpc) is 2.99. The van der Waals surface area contributed by atoms with Crippen molar-refractivity contribution in [1.82, 2.24) is 15.3 Å². The molecule has 1 aromatic heterocycles. The Bertz CT molecular complexity index is 793. The number of imidazole rings is 1. The van der Waals surface area contributed by atoms with E-state index in [1.807, 2.05) is 6.92 Å². The monoisotopic (exact) mass is 362 g/mol. The number of carbonyl (C=O) groups is 2. The number of anilines is 1. The van der Waals surface area contributed by atoms with E-state index in [1.54, 1.807) is 18.1 Å². The number of nitrogens with zero attached hydrogens (tertiary/aromatic N) is 1. The van der Waals surface area contributed by atoms with Gasteiger partial charge in [0.25, 0.3) is 0 Å². The third kappa shape index (κ3) is 4.19. The molecule has 0 spiro atoms. The van der Waals surface area contributed by atoms with Gasteiger partial charge in [-0.05, 0) is 30.7 Å². The maximum atomic E-state index is 13.5. The summed E-state index contributed by atoms with van der Waals surface area (Å²) in [7, 11) is 0. The Kier molecular flexibility index (Phi) is 5.37. The Balaban J connectivity index is 1.52. The summed E-state index contributed by atoms with van der Waals surface area (Å²) in [5, 5.41) is 5.51. The highest BCUT2D eigenvalue weighted by Gasteiger charge is 2.30. The largest absolute Gasteiger partial charge is 0.355 e. The topological polar surface area (TPSA) is 86.9 Å². The quantitative estimate of drug-likeness (QED) is 0.689. The summed E-state index contributed by atoms with van der Waals surface area (Å²) in [4.78, 5) is 31.4. The number of nitrogens with one attached hydrogen (secondary N) is 3. The number of rotatable bonds is 6. The molecule has 2 heterocycles. The standard InChI is InChI=1S/C17H19FN4O2S/c1-10-15(21-9-20-10)8-25-5-4-19-17(24)13-7-16(23)22-14-3-2-11(18)6-12(13)14/h2-3,6,9,13H,4-5,7-8H2,1H3,(H,19,24)(H,20,21)(H,22,23)/t13-/m0/s1. The third-order valence-electron chi connectivity index (χ3n) is 4.09. The van der Waals surface area contributed by atoms with E-state index in [0.29, 0.717) is 17.8 Å². The van der Waals surface area contributed by atoms with E-state index < -0.39 is 11.7 Å². The zero-order valence-corrected chi connectivity index (χ0v) is 14.6. The van der Waals surface area contributed by atoms with Crippen LogP contribution in [0.3, 0.4) is 0 Å². The number of hydrogen-bond acceptors (Lipinski definition) is 4. The number of H-pyrrole nitrogens is 1. The Morgan fingerprint density at radius 1 is 1.48 bits per heavy atom. The van der Waals surface area contributed by atoms with Crippen LogP contribution in [-0.4, -0.2) is 34.1 Å². The summed E-state index contributed by atoms with van der Waals surface area (Å²) >= 11 is 1.67. The van der Waals surface area contributed by atoms with Gasteiger partial charge in [-0.25, -0.2) is 9.37 Å². The normalized spacial score (nSPS) is 16.2. The zero-order valence-electron chi connectivity index (χ0n) is 13.8. The van der Waals surface area contributed by atoms with Crippen molar-refractivity contribution in [3.63, 3.8) is 0 Å². The summed E-state index contributed by atoms with van der Waals surface area (Å²) in [6.45, 7) is 2.45. The molecule has 0 aliphatic carbocycles. The van der Waals surface area contributed by atoms with Crippen molar-refractivity contribution >= 4 is 29.3 Å². The van der Waals surface area contributed by atoms with E-state index in [2.05, 4.69) is 20.6 Å². The molecule has 1 atom stereocenters. The fourth-order valence-electron chi connectivity index (χ4n) is 2.74. The molecule has 2 aromatic rings. The first-order chi connectivity index (χ1) is 12.0. The fourth-order valence-corrected chi connectivity index (χ4v) is 3.61. The van der Waals surface area contributed by atoms with Gasteiger partial charge in [-0.2, -0.15) is 11.8 Å². The highest BCUT2D eigenvalue weighted by atomic mass is 32.2. The number of benzene rings is 1. The Hall–Kier alpha value is -2.35. The van der Waals surface area contributed by atoms with Gasteiger partial charge in [0.1, 0.15) is 5.82 Å². The van der Waals surface area contributed by atoms with Gasteiger partial charge in [0, 0.05) is 35.9 Å². The van der Waals surface area contributed by atoms with Gasteiger partial charge in [-0.1, -0.05) is 0 Å².